The van der Waals surface area contributed by atoms with Crippen LogP contribution in [0.4, 0.5) is 9.52 Å². The Morgan fingerprint density at radius 3 is 2.56 bits per heavy atom. The van der Waals surface area contributed by atoms with Gasteiger partial charge in [0, 0.05) is 22.7 Å². The highest BCUT2D eigenvalue weighted by Crippen LogP contribution is 2.22. The first-order chi connectivity index (χ1) is 12.2. The van der Waals surface area contributed by atoms with Crippen molar-refractivity contribution in [3.05, 3.63) is 59.9 Å². The molecule has 0 unspecified atom stereocenters. The van der Waals surface area contributed by atoms with Crippen molar-refractivity contribution in [3.63, 3.8) is 0 Å². The molecule has 0 fully saturated rings. The number of carbonyl (C=O) groups excluding carboxylic acids is 1. The largest absolute Gasteiger partial charge is 0.494 e. The summed E-state index contributed by atoms with van der Waals surface area (Å²) in [5, 5.41) is 3.10. The highest BCUT2D eigenvalue weighted by Gasteiger charge is 2.11. The van der Waals surface area contributed by atoms with Gasteiger partial charge in [-0.2, -0.15) is 9.36 Å². The summed E-state index contributed by atoms with van der Waals surface area (Å²) >= 11 is 1.07. The molecule has 1 aromatic heterocycles. The van der Waals surface area contributed by atoms with Gasteiger partial charge in [0.25, 0.3) is 5.91 Å². The van der Waals surface area contributed by atoms with Gasteiger partial charge in [0.15, 0.2) is 5.82 Å². The van der Waals surface area contributed by atoms with Crippen LogP contribution in [0.25, 0.3) is 11.4 Å². The SMILES string of the molecule is CCCOc1ccc(C(=O)Nc2nc(-c3ccc(F)cc3)ns2)cc1. The fourth-order valence-corrected chi connectivity index (χ4v) is 2.67. The van der Waals surface area contributed by atoms with Gasteiger partial charge in [0.1, 0.15) is 11.6 Å². The summed E-state index contributed by atoms with van der Waals surface area (Å²) < 4.78 is 22.6. The van der Waals surface area contributed by atoms with Gasteiger partial charge in [0.2, 0.25) is 5.13 Å². The number of hydrogen-bond acceptors (Lipinski definition) is 5. The van der Waals surface area contributed by atoms with Crippen LogP contribution in [0.2, 0.25) is 0 Å². The molecule has 0 aliphatic rings. The summed E-state index contributed by atoms with van der Waals surface area (Å²) in [6.45, 7) is 2.67. The molecule has 25 heavy (non-hydrogen) atoms. The molecule has 0 spiro atoms. The molecule has 5 nitrogen and oxygen atoms in total. The predicted molar refractivity (Wildman–Crippen MR) is 95.5 cm³/mol. The van der Waals surface area contributed by atoms with Crippen molar-refractivity contribution < 1.29 is 13.9 Å². The maximum atomic E-state index is 13.0. The molecule has 1 N–H and O–H groups in total. The van der Waals surface area contributed by atoms with Gasteiger partial charge >= 0.3 is 0 Å². The highest BCUT2D eigenvalue weighted by atomic mass is 32.1. The van der Waals surface area contributed by atoms with Gasteiger partial charge in [0.05, 0.1) is 6.61 Å². The van der Waals surface area contributed by atoms with Crippen molar-refractivity contribution in [3.8, 4) is 17.1 Å². The molecule has 0 aliphatic heterocycles. The van der Waals surface area contributed by atoms with Crippen LogP contribution in [0.3, 0.4) is 0 Å². The third-order valence-corrected chi connectivity index (χ3v) is 3.97. The summed E-state index contributed by atoms with van der Waals surface area (Å²) in [5.74, 6) is 0.583. The third-order valence-electron chi connectivity index (χ3n) is 3.34. The number of benzene rings is 2. The minimum Gasteiger partial charge on any atom is -0.494 e. The maximum absolute atomic E-state index is 13.0. The lowest BCUT2D eigenvalue weighted by Gasteiger charge is -2.05. The van der Waals surface area contributed by atoms with Crippen molar-refractivity contribution in [2.45, 2.75) is 13.3 Å². The molecule has 128 valence electrons. The lowest BCUT2D eigenvalue weighted by molar-refractivity contribution is 0.102. The number of halogens is 1. The number of carbonyl (C=O) groups is 1. The van der Waals surface area contributed by atoms with E-state index in [1.165, 1.54) is 12.1 Å². The number of hydrogen-bond donors (Lipinski definition) is 1. The van der Waals surface area contributed by atoms with E-state index in [1.54, 1.807) is 36.4 Å². The van der Waals surface area contributed by atoms with Crippen LogP contribution in [0.15, 0.2) is 48.5 Å². The number of amides is 1. The third kappa shape index (κ3) is 4.39. The Kier molecular flexibility index (Phi) is 5.35. The van der Waals surface area contributed by atoms with Gasteiger partial charge in [-0.1, -0.05) is 6.92 Å². The van der Waals surface area contributed by atoms with Gasteiger partial charge in [-0.3, -0.25) is 10.1 Å². The van der Waals surface area contributed by atoms with Crippen molar-refractivity contribution in [1.82, 2.24) is 9.36 Å². The van der Waals surface area contributed by atoms with Gasteiger partial charge < -0.3 is 4.74 Å². The monoisotopic (exact) mass is 357 g/mol. The van der Waals surface area contributed by atoms with Crippen molar-refractivity contribution >= 4 is 22.6 Å². The second-order valence-corrected chi connectivity index (χ2v) is 6.01. The average molecular weight is 357 g/mol. The smallest absolute Gasteiger partial charge is 0.257 e. The number of nitrogens with zero attached hydrogens (tertiary/aromatic N) is 2. The highest BCUT2D eigenvalue weighted by molar-refractivity contribution is 7.10. The molecule has 1 heterocycles. The Morgan fingerprint density at radius 1 is 1.16 bits per heavy atom. The van der Waals surface area contributed by atoms with E-state index in [0.717, 1.165) is 23.7 Å². The molecule has 3 rings (SSSR count). The van der Waals surface area contributed by atoms with Crippen LogP contribution < -0.4 is 10.1 Å². The van der Waals surface area contributed by atoms with Crippen LogP contribution in [0.5, 0.6) is 5.75 Å². The molecule has 0 atom stereocenters. The van der Waals surface area contributed by atoms with Crippen molar-refractivity contribution in [2.75, 3.05) is 11.9 Å². The molecular weight excluding hydrogens is 341 g/mol. The zero-order valence-electron chi connectivity index (χ0n) is 13.5. The Bertz CT molecular complexity index is 848. The number of aromatic nitrogens is 2. The second kappa shape index (κ2) is 7.85. The quantitative estimate of drug-likeness (QED) is 0.711. The van der Waals surface area contributed by atoms with Gasteiger partial charge in [-0.05, 0) is 55.0 Å². The lowest BCUT2D eigenvalue weighted by Crippen LogP contribution is -2.11. The minimum atomic E-state index is -0.320. The normalized spacial score (nSPS) is 10.5. The van der Waals surface area contributed by atoms with E-state index in [4.69, 9.17) is 4.74 Å². The van der Waals surface area contributed by atoms with Gasteiger partial charge in [-0.15, -0.1) is 0 Å². The fraction of sp³-hybridized carbons (Fsp3) is 0.167. The Balaban J connectivity index is 1.66. The van der Waals surface area contributed by atoms with E-state index in [1.807, 2.05) is 6.92 Å². The van der Waals surface area contributed by atoms with Crippen LogP contribution in [-0.4, -0.2) is 21.9 Å². The standard InChI is InChI=1S/C18H16FN3O2S/c1-2-11-24-15-9-5-13(6-10-15)17(23)21-18-20-16(22-25-18)12-3-7-14(19)8-4-12/h3-10H,2,11H2,1H3,(H,20,21,22,23). The Morgan fingerprint density at radius 2 is 1.88 bits per heavy atom. The zero-order valence-corrected chi connectivity index (χ0v) is 14.3. The van der Waals surface area contributed by atoms with E-state index >= 15 is 0 Å². The lowest BCUT2D eigenvalue weighted by atomic mass is 10.2. The predicted octanol–water partition coefficient (Wildman–Crippen LogP) is 4.39. The van der Waals surface area contributed by atoms with E-state index in [0.29, 0.717) is 28.7 Å². The van der Waals surface area contributed by atoms with E-state index < -0.39 is 0 Å². The summed E-state index contributed by atoms with van der Waals surface area (Å²) in [6, 6.07) is 12.8. The van der Waals surface area contributed by atoms with E-state index in [-0.39, 0.29) is 11.7 Å². The summed E-state index contributed by atoms with van der Waals surface area (Å²) in [5.41, 5.74) is 1.19. The van der Waals surface area contributed by atoms with Crippen molar-refractivity contribution in [2.24, 2.45) is 0 Å². The number of anilines is 1. The topological polar surface area (TPSA) is 64.1 Å². The molecule has 3 aromatic rings. The first-order valence-electron chi connectivity index (χ1n) is 7.79. The number of nitrogens with one attached hydrogen (secondary N) is 1. The summed E-state index contributed by atoms with van der Waals surface area (Å²) in [7, 11) is 0. The van der Waals surface area contributed by atoms with E-state index in [2.05, 4.69) is 14.7 Å². The molecule has 0 saturated heterocycles. The number of rotatable bonds is 6. The molecule has 1 amide bonds. The molecule has 0 aliphatic carbocycles. The van der Waals surface area contributed by atoms with Crippen LogP contribution >= 0.6 is 11.5 Å². The fourth-order valence-electron chi connectivity index (χ4n) is 2.08. The Labute approximate surface area is 148 Å². The van der Waals surface area contributed by atoms with E-state index in [9.17, 15) is 9.18 Å². The summed E-state index contributed by atoms with van der Waals surface area (Å²) in [6.07, 6.45) is 0.926. The zero-order chi connectivity index (χ0) is 17.6. The Hall–Kier alpha value is -2.80. The maximum Gasteiger partial charge on any atom is 0.257 e. The molecule has 0 saturated carbocycles. The molecule has 2 aromatic carbocycles. The molecule has 7 heteroatoms. The minimum absolute atomic E-state index is 0.274. The van der Waals surface area contributed by atoms with Crippen molar-refractivity contribution in [1.29, 1.82) is 0 Å². The summed E-state index contributed by atoms with van der Waals surface area (Å²) in [4.78, 5) is 16.5. The first kappa shape index (κ1) is 17.0. The average Bonchev–Trinajstić information content (AvgIpc) is 3.09. The van der Waals surface area contributed by atoms with Gasteiger partial charge in [-0.25, -0.2) is 4.39 Å². The number of ether oxygens (including phenoxy) is 1. The van der Waals surface area contributed by atoms with Crippen LogP contribution in [-0.2, 0) is 0 Å². The molecule has 0 bridgehead atoms. The molecular formula is C18H16FN3O2S. The molecule has 0 radical (unpaired) electrons. The van der Waals surface area contributed by atoms with Crippen LogP contribution in [0, 0.1) is 5.82 Å². The first-order valence-corrected chi connectivity index (χ1v) is 8.57. The second-order valence-electron chi connectivity index (χ2n) is 5.26. The van der Waals surface area contributed by atoms with Crippen LogP contribution in [0.1, 0.15) is 23.7 Å².